The molecule has 0 saturated carbocycles. The quantitative estimate of drug-likeness (QED) is 0.252. The summed E-state index contributed by atoms with van der Waals surface area (Å²) < 4.78 is 5.75. The van der Waals surface area contributed by atoms with Gasteiger partial charge in [-0.3, -0.25) is 14.9 Å². The Hall–Kier alpha value is -4.20. The van der Waals surface area contributed by atoms with Crippen LogP contribution in [0.1, 0.15) is 26.3 Å². The minimum absolute atomic E-state index is 0.154. The molecule has 0 spiro atoms. The van der Waals surface area contributed by atoms with E-state index in [9.17, 15) is 9.59 Å². The van der Waals surface area contributed by atoms with Crippen molar-refractivity contribution >= 4 is 52.1 Å². The summed E-state index contributed by atoms with van der Waals surface area (Å²) in [5, 5.41) is 9.10. The highest BCUT2D eigenvalue weighted by molar-refractivity contribution is 7.80. The molecule has 0 fully saturated rings. The number of halogens is 1. The Bertz CT molecular complexity index is 1380. The Kier molecular flexibility index (Phi) is 8.28. The molecule has 3 N–H and O–H groups in total. The highest BCUT2D eigenvalue weighted by Crippen LogP contribution is 2.17. The molecule has 0 aliphatic carbocycles. The van der Waals surface area contributed by atoms with E-state index in [1.807, 2.05) is 36.4 Å². The topological polar surface area (TPSA) is 79.5 Å². The number of amides is 2. The molecule has 4 rings (SSSR count). The molecule has 6 nitrogen and oxygen atoms in total. The number of hydrogen-bond donors (Lipinski definition) is 3. The van der Waals surface area contributed by atoms with Crippen molar-refractivity contribution in [3.63, 3.8) is 0 Å². The first-order chi connectivity index (χ1) is 17.5. The first-order valence-corrected chi connectivity index (χ1v) is 11.8. The third-order valence-electron chi connectivity index (χ3n) is 5.05. The largest absolute Gasteiger partial charge is 0.489 e. The van der Waals surface area contributed by atoms with Crippen LogP contribution in [0, 0.1) is 0 Å². The zero-order valence-electron chi connectivity index (χ0n) is 19.0. The van der Waals surface area contributed by atoms with Gasteiger partial charge in [-0.2, -0.15) is 0 Å². The van der Waals surface area contributed by atoms with Crippen LogP contribution in [-0.2, 0) is 6.61 Å². The van der Waals surface area contributed by atoms with Crippen molar-refractivity contribution in [1.29, 1.82) is 0 Å². The molecular weight excluding hydrogens is 494 g/mol. The van der Waals surface area contributed by atoms with Gasteiger partial charge in [0.1, 0.15) is 12.4 Å². The van der Waals surface area contributed by atoms with Gasteiger partial charge in [-0.25, -0.2) is 0 Å². The number of rotatable bonds is 7. The first kappa shape index (κ1) is 24.9. The highest BCUT2D eigenvalue weighted by atomic mass is 35.5. The summed E-state index contributed by atoms with van der Waals surface area (Å²) in [7, 11) is 0. The smallest absolute Gasteiger partial charge is 0.257 e. The molecule has 2 amide bonds. The summed E-state index contributed by atoms with van der Waals surface area (Å²) >= 11 is 11.2. The molecular formula is C28H22ClN3O3S. The lowest BCUT2D eigenvalue weighted by Crippen LogP contribution is -2.34. The van der Waals surface area contributed by atoms with Gasteiger partial charge in [0.15, 0.2) is 5.11 Å². The SMILES string of the molecule is O=C(NC(=S)Nc1ccc(NC(=O)c2cccc(Cl)c2)cc1)c1cccc(COc2ccccc2)c1. The molecule has 4 aromatic carbocycles. The molecule has 36 heavy (non-hydrogen) atoms. The molecule has 0 saturated heterocycles. The number of ether oxygens (including phenoxy) is 1. The number of hydrogen-bond acceptors (Lipinski definition) is 4. The predicted octanol–water partition coefficient (Wildman–Crippen LogP) is 6.30. The fourth-order valence-corrected chi connectivity index (χ4v) is 3.69. The maximum absolute atomic E-state index is 12.7. The third-order valence-corrected chi connectivity index (χ3v) is 5.49. The van der Waals surface area contributed by atoms with E-state index < -0.39 is 0 Å². The monoisotopic (exact) mass is 515 g/mol. The number of benzene rings is 4. The average Bonchev–Trinajstić information content (AvgIpc) is 2.89. The molecule has 0 unspecified atom stereocenters. The number of carbonyl (C=O) groups excluding carboxylic acids is 2. The maximum Gasteiger partial charge on any atom is 0.257 e. The lowest BCUT2D eigenvalue weighted by molar-refractivity contribution is 0.0976. The molecule has 0 aromatic heterocycles. The van der Waals surface area contributed by atoms with Gasteiger partial charge in [0.25, 0.3) is 11.8 Å². The van der Waals surface area contributed by atoms with Crippen LogP contribution >= 0.6 is 23.8 Å². The standard InChI is InChI=1S/C28H22ClN3O3S/c29-22-9-5-8-21(17-22)26(33)30-23-12-14-24(15-13-23)31-28(36)32-27(34)20-7-4-6-19(16-20)18-35-25-10-2-1-3-11-25/h1-17H,18H2,(H,30,33)(H2,31,32,34,36). The van der Waals surface area contributed by atoms with Crippen molar-refractivity contribution < 1.29 is 14.3 Å². The maximum atomic E-state index is 12.7. The molecule has 0 heterocycles. The minimum atomic E-state index is -0.334. The Morgan fingerprint density at radius 3 is 2.06 bits per heavy atom. The van der Waals surface area contributed by atoms with E-state index in [0.717, 1.165) is 11.3 Å². The van der Waals surface area contributed by atoms with Crippen molar-refractivity contribution in [1.82, 2.24) is 5.32 Å². The van der Waals surface area contributed by atoms with Crippen molar-refractivity contribution in [2.45, 2.75) is 6.61 Å². The van der Waals surface area contributed by atoms with E-state index in [1.165, 1.54) is 0 Å². The molecule has 0 atom stereocenters. The molecule has 180 valence electrons. The summed E-state index contributed by atoms with van der Waals surface area (Å²) in [5.41, 5.74) is 3.05. The zero-order chi connectivity index (χ0) is 25.3. The second-order valence-electron chi connectivity index (χ2n) is 7.75. The van der Waals surface area contributed by atoms with Crippen LogP contribution in [0.15, 0.2) is 103 Å². The second-order valence-corrected chi connectivity index (χ2v) is 8.60. The minimum Gasteiger partial charge on any atom is -0.489 e. The van der Waals surface area contributed by atoms with Crippen LogP contribution in [0.3, 0.4) is 0 Å². The fourth-order valence-electron chi connectivity index (χ4n) is 3.29. The summed E-state index contributed by atoms with van der Waals surface area (Å²) in [5.74, 6) is 0.157. The summed E-state index contributed by atoms with van der Waals surface area (Å²) in [6.07, 6.45) is 0. The van der Waals surface area contributed by atoms with Gasteiger partial charge in [0.05, 0.1) is 0 Å². The van der Waals surface area contributed by atoms with Gasteiger partial charge in [0, 0.05) is 27.5 Å². The average molecular weight is 516 g/mol. The number of carbonyl (C=O) groups is 2. The van der Waals surface area contributed by atoms with E-state index >= 15 is 0 Å². The van der Waals surface area contributed by atoms with Crippen LogP contribution in [0.2, 0.25) is 5.02 Å². The molecule has 0 radical (unpaired) electrons. The van der Waals surface area contributed by atoms with Crippen LogP contribution in [-0.4, -0.2) is 16.9 Å². The first-order valence-electron chi connectivity index (χ1n) is 11.0. The van der Waals surface area contributed by atoms with Gasteiger partial charge in [0.2, 0.25) is 0 Å². The Morgan fingerprint density at radius 1 is 0.722 bits per heavy atom. The van der Waals surface area contributed by atoms with Crippen LogP contribution in [0.4, 0.5) is 11.4 Å². The third kappa shape index (κ3) is 7.15. The fraction of sp³-hybridized carbons (Fsp3) is 0.0357. The Balaban J connectivity index is 1.29. The Morgan fingerprint density at radius 2 is 1.36 bits per heavy atom. The van der Waals surface area contributed by atoms with Crippen LogP contribution in [0.25, 0.3) is 0 Å². The highest BCUT2D eigenvalue weighted by Gasteiger charge is 2.10. The van der Waals surface area contributed by atoms with Crippen molar-refractivity contribution in [2.75, 3.05) is 10.6 Å². The van der Waals surface area contributed by atoms with Gasteiger partial charge >= 0.3 is 0 Å². The van der Waals surface area contributed by atoms with E-state index in [4.69, 9.17) is 28.6 Å². The van der Waals surface area contributed by atoms with Gasteiger partial charge in [-0.05, 0) is 84.5 Å². The molecule has 0 bridgehead atoms. The van der Waals surface area contributed by atoms with E-state index in [2.05, 4.69) is 16.0 Å². The molecule has 4 aromatic rings. The Labute approximate surface area is 219 Å². The summed E-state index contributed by atoms with van der Waals surface area (Å²) in [4.78, 5) is 25.0. The number of nitrogens with one attached hydrogen (secondary N) is 3. The number of thiocarbonyl (C=S) groups is 1. The van der Waals surface area contributed by atoms with E-state index in [1.54, 1.807) is 66.7 Å². The lowest BCUT2D eigenvalue weighted by atomic mass is 10.1. The summed E-state index contributed by atoms with van der Waals surface area (Å²) in [6.45, 7) is 0.341. The van der Waals surface area contributed by atoms with E-state index in [-0.39, 0.29) is 16.9 Å². The van der Waals surface area contributed by atoms with Gasteiger partial charge in [-0.15, -0.1) is 0 Å². The molecule has 8 heteroatoms. The lowest BCUT2D eigenvalue weighted by Gasteiger charge is -2.12. The van der Waals surface area contributed by atoms with Crippen LogP contribution in [0.5, 0.6) is 5.75 Å². The predicted molar refractivity (Wildman–Crippen MR) is 147 cm³/mol. The van der Waals surface area contributed by atoms with Gasteiger partial charge in [-0.1, -0.05) is 48.0 Å². The van der Waals surface area contributed by atoms with Crippen LogP contribution < -0.4 is 20.7 Å². The second kappa shape index (κ2) is 12.0. The summed E-state index contributed by atoms with van der Waals surface area (Å²) in [6, 6.07) is 30.3. The van der Waals surface area contributed by atoms with E-state index in [0.29, 0.717) is 34.1 Å². The number of anilines is 2. The van der Waals surface area contributed by atoms with Crippen molar-refractivity contribution in [3.05, 3.63) is 125 Å². The zero-order valence-corrected chi connectivity index (χ0v) is 20.6. The molecule has 0 aliphatic rings. The normalized spacial score (nSPS) is 10.2. The number of para-hydroxylation sites is 1. The van der Waals surface area contributed by atoms with Crippen molar-refractivity contribution in [2.24, 2.45) is 0 Å². The van der Waals surface area contributed by atoms with Gasteiger partial charge < -0.3 is 15.4 Å². The van der Waals surface area contributed by atoms with Crippen molar-refractivity contribution in [3.8, 4) is 5.75 Å². The molecule has 0 aliphatic heterocycles.